The van der Waals surface area contributed by atoms with Crippen LogP contribution in [0.15, 0.2) is 13.6 Å². The molecule has 1 atom stereocenters. The summed E-state index contributed by atoms with van der Waals surface area (Å²) in [6.45, 7) is 2.78. The molecule has 0 aliphatic carbocycles. The van der Waals surface area contributed by atoms with Crippen molar-refractivity contribution in [1.82, 2.24) is 0 Å². The molecule has 22 heavy (non-hydrogen) atoms. The van der Waals surface area contributed by atoms with Gasteiger partial charge in [0.1, 0.15) is 5.78 Å². The molecule has 0 aliphatic heterocycles. The summed E-state index contributed by atoms with van der Waals surface area (Å²) in [6, 6.07) is 0. The predicted octanol–water partition coefficient (Wildman–Crippen LogP) is 1.82. The van der Waals surface area contributed by atoms with Gasteiger partial charge in [0.2, 0.25) is 0 Å². The third kappa shape index (κ3) is 5.76. The van der Waals surface area contributed by atoms with E-state index in [4.69, 9.17) is 4.74 Å². The molecule has 1 aromatic heterocycles. The molecular weight excluding hydrogens is 316 g/mol. The maximum Gasteiger partial charge on any atom is 0.519 e. The molecule has 0 amide bonds. The molecule has 0 saturated heterocycles. The normalized spacial score (nSPS) is 11.8. The Hall–Kier alpha value is -2.03. The Morgan fingerprint density at radius 3 is 2.45 bits per heavy atom. The van der Waals surface area contributed by atoms with Gasteiger partial charge in [-0.2, -0.15) is 0 Å². The monoisotopic (exact) mass is 332 g/mol. The van der Waals surface area contributed by atoms with Crippen molar-refractivity contribution in [2.24, 2.45) is 0 Å². The lowest BCUT2D eigenvalue weighted by Crippen LogP contribution is -2.17. The Morgan fingerprint density at radius 2 is 1.91 bits per heavy atom. The number of aryl methyl sites for hydroxylation is 1. The van der Waals surface area contributed by atoms with Gasteiger partial charge in [-0.05, 0) is 25.6 Å². The highest BCUT2D eigenvalue weighted by Crippen LogP contribution is 2.18. The van der Waals surface area contributed by atoms with Crippen molar-refractivity contribution in [3.05, 3.63) is 22.1 Å². The summed E-state index contributed by atoms with van der Waals surface area (Å²) in [7, 11) is 1.23. The number of carbonyl (C=O) groups is 3. The van der Waals surface area contributed by atoms with Crippen molar-refractivity contribution in [3.63, 3.8) is 0 Å². The van der Waals surface area contributed by atoms with Crippen LogP contribution in [0, 0.1) is 6.92 Å². The summed E-state index contributed by atoms with van der Waals surface area (Å²) < 4.78 is 18.6. The first-order chi connectivity index (χ1) is 10.3. The second kappa shape index (κ2) is 8.42. The number of esters is 1. The molecule has 1 unspecified atom stereocenters. The van der Waals surface area contributed by atoms with E-state index in [0.717, 1.165) is 0 Å². The third-order valence-electron chi connectivity index (χ3n) is 2.69. The number of hydrogen-bond donors (Lipinski definition) is 0. The summed E-state index contributed by atoms with van der Waals surface area (Å²) in [5.41, 5.74) is 0. The van der Waals surface area contributed by atoms with Gasteiger partial charge in [0, 0.05) is 6.42 Å². The van der Waals surface area contributed by atoms with Crippen molar-refractivity contribution in [2.45, 2.75) is 38.5 Å². The van der Waals surface area contributed by atoms with Crippen LogP contribution in [-0.4, -0.2) is 29.4 Å². The molecular formula is C13H16O8S. The van der Waals surface area contributed by atoms with Crippen LogP contribution in [0.3, 0.4) is 0 Å². The molecule has 0 saturated carbocycles. The molecule has 0 aromatic carbocycles. The number of rotatable bonds is 7. The van der Waals surface area contributed by atoms with Crippen LogP contribution >= 0.6 is 11.8 Å². The Labute approximate surface area is 130 Å². The maximum atomic E-state index is 11.7. The number of thioether (sulfide) groups is 1. The molecule has 8 nitrogen and oxygen atoms in total. The lowest BCUT2D eigenvalue weighted by molar-refractivity contribution is -0.141. The van der Waals surface area contributed by atoms with E-state index in [1.54, 1.807) is 0 Å². The molecule has 1 aromatic rings. The SMILES string of the molecule is COC(=O)CCC(=O)C(C)SC(=O)OCc1oc(=O)oc1C. The summed E-state index contributed by atoms with van der Waals surface area (Å²) in [5, 5.41) is -1.35. The van der Waals surface area contributed by atoms with Crippen molar-refractivity contribution >= 4 is 28.8 Å². The van der Waals surface area contributed by atoms with E-state index in [0.29, 0.717) is 11.8 Å². The number of hydrogen-bond acceptors (Lipinski definition) is 9. The van der Waals surface area contributed by atoms with Gasteiger partial charge >= 0.3 is 17.1 Å². The Morgan fingerprint density at radius 1 is 1.23 bits per heavy atom. The Balaban J connectivity index is 2.37. The van der Waals surface area contributed by atoms with Crippen LogP contribution in [-0.2, 0) is 25.7 Å². The fourth-order valence-electron chi connectivity index (χ4n) is 1.41. The van der Waals surface area contributed by atoms with E-state index < -0.39 is 22.3 Å². The highest BCUT2D eigenvalue weighted by Gasteiger charge is 2.20. The topological polar surface area (TPSA) is 113 Å². The van der Waals surface area contributed by atoms with Crippen molar-refractivity contribution < 1.29 is 32.7 Å². The highest BCUT2D eigenvalue weighted by molar-refractivity contribution is 8.14. The summed E-state index contributed by atoms with van der Waals surface area (Å²) >= 11 is 0.686. The van der Waals surface area contributed by atoms with Gasteiger partial charge < -0.3 is 18.3 Å². The number of carbonyl (C=O) groups excluding carboxylic acids is 3. The molecule has 0 bridgehead atoms. The van der Waals surface area contributed by atoms with Gasteiger partial charge in [-0.25, -0.2) is 9.59 Å². The number of ether oxygens (including phenoxy) is 2. The van der Waals surface area contributed by atoms with Crippen LogP contribution in [0.25, 0.3) is 0 Å². The molecule has 0 fully saturated rings. The molecule has 0 spiro atoms. The largest absolute Gasteiger partial charge is 0.519 e. The van der Waals surface area contributed by atoms with Crippen molar-refractivity contribution in [3.8, 4) is 0 Å². The molecule has 0 aliphatic rings. The Bertz CT molecular complexity index is 599. The minimum atomic E-state index is -0.873. The lowest BCUT2D eigenvalue weighted by Gasteiger charge is -2.08. The van der Waals surface area contributed by atoms with E-state index in [1.807, 2.05) is 0 Å². The molecule has 9 heteroatoms. The summed E-state index contributed by atoms with van der Waals surface area (Å²) in [5.74, 6) is -1.28. The summed E-state index contributed by atoms with van der Waals surface area (Å²) in [6.07, 6.45) is -0.0432. The number of methoxy groups -OCH3 is 1. The van der Waals surface area contributed by atoms with Gasteiger partial charge in [-0.1, -0.05) is 0 Å². The zero-order chi connectivity index (χ0) is 16.7. The fourth-order valence-corrected chi connectivity index (χ4v) is 2.07. The molecule has 0 N–H and O–H groups in total. The second-order valence-electron chi connectivity index (χ2n) is 4.27. The van der Waals surface area contributed by atoms with Gasteiger partial charge in [-0.3, -0.25) is 9.59 Å². The van der Waals surface area contributed by atoms with Gasteiger partial charge in [0.05, 0.1) is 18.8 Å². The van der Waals surface area contributed by atoms with Crippen molar-refractivity contribution in [1.29, 1.82) is 0 Å². The zero-order valence-electron chi connectivity index (χ0n) is 12.4. The van der Waals surface area contributed by atoms with Crippen molar-refractivity contribution in [2.75, 3.05) is 7.11 Å². The molecule has 0 radical (unpaired) electrons. The minimum Gasteiger partial charge on any atom is -0.469 e. The average molecular weight is 332 g/mol. The number of ketones is 1. The van der Waals surface area contributed by atoms with Crippen LogP contribution in [0.2, 0.25) is 0 Å². The van der Waals surface area contributed by atoms with E-state index >= 15 is 0 Å². The number of Topliss-reactive ketones (excluding diaryl/α,β-unsaturated/α-hetero) is 1. The van der Waals surface area contributed by atoms with Crippen LogP contribution in [0.1, 0.15) is 31.3 Å². The fraction of sp³-hybridized carbons (Fsp3) is 0.538. The first-order valence-corrected chi connectivity index (χ1v) is 7.23. The smallest absolute Gasteiger partial charge is 0.469 e. The Kier molecular flexibility index (Phi) is 6.90. The second-order valence-corrected chi connectivity index (χ2v) is 5.55. The molecule has 1 rings (SSSR count). The molecule has 122 valence electrons. The van der Waals surface area contributed by atoms with E-state index in [9.17, 15) is 19.2 Å². The minimum absolute atomic E-state index is 0.0101. The quantitative estimate of drug-likeness (QED) is 0.690. The highest BCUT2D eigenvalue weighted by atomic mass is 32.2. The first-order valence-electron chi connectivity index (χ1n) is 6.35. The lowest BCUT2D eigenvalue weighted by atomic mass is 10.2. The van der Waals surface area contributed by atoms with Crippen LogP contribution < -0.4 is 5.82 Å². The van der Waals surface area contributed by atoms with Gasteiger partial charge in [0.15, 0.2) is 18.1 Å². The van der Waals surface area contributed by atoms with Gasteiger partial charge in [-0.15, -0.1) is 0 Å². The standard InChI is InChI=1S/C13H16O8S/c1-7-10(21-12(16)20-7)6-19-13(17)22-8(2)9(14)4-5-11(15)18-3/h8H,4-6H2,1-3H3. The van der Waals surface area contributed by atoms with Crippen LogP contribution in [0.5, 0.6) is 0 Å². The predicted molar refractivity (Wildman–Crippen MR) is 75.5 cm³/mol. The van der Waals surface area contributed by atoms with E-state index in [2.05, 4.69) is 13.6 Å². The first kappa shape index (κ1) is 18.0. The summed E-state index contributed by atoms with van der Waals surface area (Å²) in [4.78, 5) is 45.1. The zero-order valence-corrected chi connectivity index (χ0v) is 13.2. The molecule has 1 heterocycles. The maximum absolute atomic E-state index is 11.7. The van der Waals surface area contributed by atoms with E-state index in [1.165, 1.54) is 21.0 Å². The van der Waals surface area contributed by atoms with E-state index in [-0.39, 0.29) is 36.8 Å². The average Bonchev–Trinajstić information content (AvgIpc) is 2.79. The van der Waals surface area contributed by atoms with Crippen LogP contribution in [0.4, 0.5) is 4.79 Å². The van der Waals surface area contributed by atoms with Gasteiger partial charge in [0.25, 0.3) is 0 Å². The third-order valence-corrected chi connectivity index (χ3v) is 3.61.